The Morgan fingerprint density at radius 1 is 0.938 bits per heavy atom. The molecule has 2 heterocycles. The average molecular weight is 423 g/mol. The number of aromatic nitrogens is 1. The van der Waals surface area contributed by atoms with Gasteiger partial charge in [-0.1, -0.05) is 56.4 Å². The molecule has 0 radical (unpaired) electrons. The molecule has 160 valence electrons. The Morgan fingerprint density at radius 3 is 2.53 bits per heavy atom. The van der Waals surface area contributed by atoms with Gasteiger partial charge >= 0.3 is 0 Å². The Bertz CT molecular complexity index is 1540. The van der Waals surface area contributed by atoms with E-state index in [4.69, 9.17) is 7.16 Å². The Hall–Kier alpha value is -3.13. The van der Waals surface area contributed by atoms with Crippen LogP contribution in [-0.2, 0) is 13.4 Å². The number of hydrogen-bond donors (Lipinski definition) is 0. The van der Waals surface area contributed by atoms with Crippen LogP contribution in [0.5, 0.6) is 0 Å². The summed E-state index contributed by atoms with van der Waals surface area (Å²) < 4.78 is 26.4. The molecule has 1 saturated carbocycles. The van der Waals surface area contributed by atoms with Crippen LogP contribution in [0.2, 0.25) is 0 Å². The van der Waals surface area contributed by atoms with Crippen molar-refractivity contribution < 1.29 is 11.7 Å². The molecule has 0 atom stereocenters. The lowest BCUT2D eigenvalue weighted by Gasteiger charge is -2.21. The van der Waals surface area contributed by atoms with E-state index in [9.17, 15) is 0 Å². The largest absolute Gasteiger partial charge is 0.456 e. The van der Waals surface area contributed by atoms with Crippen LogP contribution in [0.4, 0.5) is 0 Å². The standard InChI is InChI=1S/C30H30NO/c1-20-25(28-17-22(14-15-31(28)2)16-21-8-4-3-5-9-21)12-13-26-27-18-23-10-6-7-11-24(23)19-29(27)32-30(20)26/h6-7,10-15,17-19,21H,3-5,8-9,16H2,1-2H3/q+1/i16D2. The van der Waals surface area contributed by atoms with Gasteiger partial charge in [0.2, 0.25) is 5.69 Å². The van der Waals surface area contributed by atoms with Crippen LogP contribution < -0.4 is 4.57 Å². The predicted octanol–water partition coefficient (Wildman–Crippen LogP) is 7.66. The number of aryl methyl sites for hydroxylation is 2. The van der Waals surface area contributed by atoms with Crippen molar-refractivity contribution in [1.82, 2.24) is 0 Å². The van der Waals surface area contributed by atoms with Gasteiger partial charge in [-0.2, -0.15) is 0 Å². The molecule has 0 N–H and O–H groups in total. The minimum absolute atomic E-state index is 0.0925. The summed E-state index contributed by atoms with van der Waals surface area (Å²) in [6, 6.07) is 21.1. The Labute approximate surface area is 192 Å². The number of pyridine rings is 1. The molecule has 0 aliphatic heterocycles. The van der Waals surface area contributed by atoms with Crippen LogP contribution >= 0.6 is 0 Å². The maximum atomic E-state index is 8.96. The first-order valence-corrected chi connectivity index (χ1v) is 11.8. The van der Waals surface area contributed by atoms with E-state index in [2.05, 4.69) is 66.1 Å². The average Bonchev–Trinajstić information content (AvgIpc) is 3.22. The van der Waals surface area contributed by atoms with Gasteiger partial charge in [0.05, 0.1) is 5.56 Å². The van der Waals surface area contributed by atoms with Crippen LogP contribution in [0.1, 0.15) is 46.0 Å². The van der Waals surface area contributed by atoms with Crippen LogP contribution in [0.3, 0.4) is 0 Å². The number of nitrogens with zero attached hydrogens (tertiary/aromatic N) is 1. The summed E-state index contributed by atoms with van der Waals surface area (Å²) in [5.74, 6) is 0.0925. The first-order valence-electron chi connectivity index (χ1n) is 12.8. The number of fused-ring (bicyclic) bond motifs is 4. The highest BCUT2D eigenvalue weighted by molar-refractivity contribution is 6.11. The zero-order valence-electron chi connectivity index (χ0n) is 20.8. The van der Waals surface area contributed by atoms with Crippen molar-refractivity contribution in [3.8, 4) is 11.3 Å². The Morgan fingerprint density at radius 2 is 1.72 bits per heavy atom. The number of hydrogen-bond acceptors (Lipinski definition) is 1. The van der Waals surface area contributed by atoms with Crippen LogP contribution in [0, 0.1) is 12.8 Å². The molecular weight excluding hydrogens is 390 g/mol. The quantitative estimate of drug-likeness (QED) is 0.273. The van der Waals surface area contributed by atoms with E-state index in [1.165, 1.54) is 17.2 Å². The Kier molecular flexibility index (Phi) is 4.24. The minimum Gasteiger partial charge on any atom is -0.456 e. The summed E-state index contributed by atoms with van der Waals surface area (Å²) in [5, 5.41) is 4.65. The summed E-state index contributed by atoms with van der Waals surface area (Å²) in [4.78, 5) is 0. The third-order valence-corrected chi connectivity index (χ3v) is 7.16. The van der Waals surface area contributed by atoms with Gasteiger partial charge in [0, 0.05) is 31.2 Å². The lowest BCUT2D eigenvalue weighted by Crippen LogP contribution is -2.31. The fourth-order valence-corrected chi connectivity index (χ4v) is 5.35. The van der Waals surface area contributed by atoms with E-state index < -0.39 is 6.37 Å². The molecule has 0 unspecified atom stereocenters. The summed E-state index contributed by atoms with van der Waals surface area (Å²) in [6.45, 7) is 2.11. The molecule has 2 aromatic heterocycles. The van der Waals surface area contributed by atoms with Crippen LogP contribution in [0.15, 0.2) is 71.3 Å². The molecule has 6 rings (SSSR count). The van der Waals surface area contributed by atoms with Crippen molar-refractivity contribution in [3.05, 3.63) is 78.0 Å². The third-order valence-electron chi connectivity index (χ3n) is 7.16. The molecule has 32 heavy (non-hydrogen) atoms. The van der Waals surface area contributed by atoms with Crippen LogP contribution in [-0.4, -0.2) is 0 Å². The molecule has 2 heteroatoms. The molecule has 0 amide bonds. The predicted molar refractivity (Wildman–Crippen MR) is 133 cm³/mol. The summed E-state index contributed by atoms with van der Waals surface area (Å²) in [5.41, 5.74) is 5.78. The van der Waals surface area contributed by atoms with Gasteiger partial charge in [0.25, 0.3) is 0 Å². The summed E-state index contributed by atoms with van der Waals surface area (Å²) >= 11 is 0. The molecule has 3 aromatic carbocycles. The molecule has 1 aliphatic carbocycles. The highest BCUT2D eigenvalue weighted by Crippen LogP contribution is 2.37. The minimum atomic E-state index is -1.32. The van der Waals surface area contributed by atoms with Gasteiger partial charge in [-0.25, -0.2) is 4.57 Å². The van der Waals surface area contributed by atoms with Crippen molar-refractivity contribution in [3.63, 3.8) is 0 Å². The first kappa shape index (κ1) is 17.4. The van der Waals surface area contributed by atoms with E-state index in [1.807, 2.05) is 19.3 Å². The van der Waals surface area contributed by atoms with Crippen LogP contribution in [0.25, 0.3) is 44.0 Å². The van der Waals surface area contributed by atoms with E-state index in [0.717, 1.165) is 70.0 Å². The molecule has 5 aromatic rings. The van der Waals surface area contributed by atoms with Crippen molar-refractivity contribution >= 4 is 32.7 Å². The first-order chi connectivity index (χ1) is 16.4. The lowest BCUT2D eigenvalue weighted by molar-refractivity contribution is -0.660. The third kappa shape index (κ3) is 3.30. The summed E-state index contributed by atoms with van der Waals surface area (Å²) in [7, 11) is 2.03. The molecule has 1 fully saturated rings. The van der Waals surface area contributed by atoms with Gasteiger partial charge in [0.15, 0.2) is 6.20 Å². The topological polar surface area (TPSA) is 17.0 Å². The monoisotopic (exact) mass is 422 g/mol. The smallest absolute Gasteiger partial charge is 0.212 e. The second kappa shape index (κ2) is 7.78. The highest BCUT2D eigenvalue weighted by atomic mass is 16.3. The van der Waals surface area contributed by atoms with Gasteiger partial charge in [-0.05, 0) is 59.8 Å². The van der Waals surface area contributed by atoms with Crippen molar-refractivity contribution in [2.45, 2.75) is 45.4 Å². The maximum Gasteiger partial charge on any atom is 0.212 e. The number of rotatable bonds is 3. The summed E-state index contributed by atoms with van der Waals surface area (Å²) in [6.07, 6.45) is 6.13. The molecule has 2 nitrogen and oxygen atoms in total. The molecule has 0 saturated heterocycles. The second-order valence-electron chi connectivity index (χ2n) is 9.30. The normalized spacial score (nSPS) is 16.6. The lowest BCUT2D eigenvalue weighted by atomic mass is 9.85. The number of benzene rings is 3. The fourth-order valence-electron chi connectivity index (χ4n) is 5.35. The van der Waals surface area contributed by atoms with Gasteiger partial charge < -0.3 is 4.42 Å². The molecular formula is C30H30NO+. The van der Waals surface area contributed by atoms with Crippen molar-refractivity contribution in [2.75, 3.05) is 0 Å². The molecule has 1 aliphatic rings. The van der Waals surface area contributed by atoms with E-state index in [-0.39, 0.29) is 5.92 Å². The zero-order chi connectivity index (χ0) is 23.4. The van der Waals surface area contributed by atoms with Gasteiger partial charge in [-0.3, -0.25) is 0 Å². The van der Waals surface area contributed by atoms with Gasteiger partial charge in [-0.15, -0.1) is 0 Å². The van der Waals surface area contributed by atoms with Gasteiger partial charge in [0.1, 0.15) is 18.2 Å². The van der Waals surface area contributed by atoms with Crippen molar-refractivity contribution in [1.29, 1.82) is 0 Å². The maximum absolute atomic E-state index is 8.96. The SMILES string of the molecule is [2H]C([2H])(c1cc[n+](C)c(-c2ccc3c(oc4cc5ccccc5cc43)c2C)c1)C1CCCCC1. The zero-order valence-corrected chi connectivity index (χ0v) is 18.8. The molecule has 0 bridgehead atoms. The Balaban J connectivity index is 1.49. The van der Waals surface area contributed by atoms with E-state index in [1.54, 1.807) is 0 Å². The molecule has 0 spiro atoms. The second-order valence-corrected chi connectivity index (χ2v) is 9.30. The highest BCUT2D eigenvalue weighted by Gasteiger charge is 2.20. The van der Waals surface area contributed by atoms with E-state index >= 15 is 0 Å². The van der Waals surface area contributed by atoms with Crippen molar-refractivity contribution in [2.24, 2.45) is 13.0 Å². The van der Waals surface area contributed by atoms with E-state index in [0.29, 0.717) is 0 Å². The number of furan rings is 1. The fraction of sp³-hybridized carbons (Fsp3) is 0.300.